The van der Waals surface area contributed by atoms with Gasteiger partial charge in [-0.3, -0.25) is 9.89 Å². The van der Waals surface area contributed by atoms with Crippen LogP contribution in [0.25, 0.3) is 23.1 Å². The van der Waals surface area contributed by atoms with Gasteiger partial charge in [-0.2, -0.15) is 10.4 Å². The molecule has 1 spiro atoms. The molecule has 3 aromatic carbocycles. The molecule has 5 heteroatoms. The van der Waals surface area contributed by atoms with Crippen molar-refractivity contribution < 1.29 is 4.79 Å². The van der Waals surface area contributed by atoms with Gasteiger partial charge in [0.25, 0.3) is 0 Å². The average Bonchev–Trinajstić information content (AvgIpc) is 3.34. The van der Waals surface area contributed by atoms with Crippen molar-refractivity contribution in [3.05, 3.63) is 94.7 Å². The van der Waals surface area contributed by atoms with Crippen LogP contribution in [0.4, 0.5) is 5.69 Å². The summed E-state index contributed by atoms with van der Waals surface area (Å²) in [5, 5.41) is 20.6. The zero-order valence-corrected chi connectivity index (χ0v) is 16.6. The van der Waals surface area contributed by atoms with Crippen LogP contribution in [-0.4, -0.2) is 16.1 Å². The second kappa shape index (κ2) is 6.41. The molecule has 1 aliphatic carbocycles. The maximum atomic E-state index is 12.8. The number of hydrogen-bond donors (Lipinski definition) is 2. The topological polar surface area (TPSA) is 81.6 Å². The van der Waals surface area contributed by atoms with E-state index in [4.69, 9.17) is 5.26 Å². The van der Waals surface area contributed by atoms with Crippen LogP contribution in [-0.2, 0) is 10.2 Å². The van der Waals surface area contributed by atoms with Crippen molar-refractivity contribution >= 4 is 34.6 Å². The number of H-pyrrole nitrogens is 1. The van der Waals surface area contributed by atoms with E-state index in [2.05, 4.69) is 45.8 Å². The molecule has 1 saturated carbocycles. The number of anilines is 1. The first-order valence-electron chi connectivity index (χ1n) is 10.3. The number of nitriles is 1. The minimum atomic E-state index is -0.428. The highest BCUT2D eigenvalue weighted by Crippen LogP contribution is 2.64. The molecule has 0 radical (unpaired) electrons. The van der Waals surface area contributed by atoms with Gasteiger partial charge >= 0.3 is 0 Å². The predicted octanol–water partition coefficient (Wildman–Crippen LogP) is 4.98. The van der Waals surface area contributed by atoms with E-state index >= 15 is 0 Å². The summed E-state index contributed by atoms with van der Waals surface area (Å²) in [7, 11) is 0. The number of aromatic amines is 1. The lowest BCUT2D eigenvalue weighted by molar-refractivity contribution is -0.118. The van der Waals surface area contributed by atoms with Crippen molar-refractivity contribution in [2.45, 2.75) is 17.8 Å². The number of hydrogen-bond acceptors (Lipinski definition) is 3. The molecule has 2 atom stereocenters. The number of carbonyl (C=O) groups excluding carboxylic acids is 1. The van der Waals surface area contributed by atoms with Gasteiger partial charge in [0.2, 0.25) is 5.91 Å². The Kier molecular flexibility index (Phi) is 3.66. The van der Waals surface area contributed by atoms with Gasteiger partial charge in [0.05, 0.1) is 28.3 Å². The maximum Gasteiger partial charge on any atom is 0.235 e. The van der Waals surface area contributed by atoms with E-state index in [0.717, 1.165) is 45.4 Å². The lowest BCUT2D eigenvalue weighted by atomic mass is 9.92. The van der Waals surface area contributed by atoms with Crippen LogP contribution in [0.5, 0.6) is 0 Å². The lowest BCUT2D eigenvalue weighted by Gasteiger charge is -2.08. The van der Waals surface area contributed by atoms with Crippen LogP contribution in [0.1, 0.15) is 40.3 Å². The van der Waals surface area contributed by atoms with Crippen LogP contribution in [0, 0.1) is 11.3 Å². The van der Waals surface area contributed by atoms with E-state index in [1.807, 2.05) is 42.5 Å². The third kappa shape index (κ3) is 2.62. The molecule has 1 fully saturated rings. The molecule has 4 aromatic rings. The van der Waals surface area contributed by atoms with Gasteiger partial charge in [-0.1, -0.05) is 48.5 Å². The quantitative estimate of drug-likeness (QED) is 0.507. The summed E-state index contributed by atoms with van der Waals surface area (Å²) in [4.78, 5) is 12.8. The first-order chi connectivity index (χ1) is 15.2. The van der Waals surface area contributed by atoms with Gasteiger partial charge < -0.3 is 5.32 Å². The SMILES string of the molecule is N#Cc1ccc(C=Cc2n[nH]c3cc(C4C[C@@]45C(=O)Nc4ccccc45)ccc23)cc1. The Hall–Kier alpha value is -4.17. The fourth-order valence-electron chi connectivity index (χ4n) is 4.80. The zero-order chi connectivity index (χ0) is 21.0. The fraction of sp³-hybridized carbons (Fsp3) is 0.115. The zero-order valence-electron chi connectivity index (χ0n) is 16.6. The smallest absolute Gasteiger partial charge is 0.235 e. The van der Waals surface area contributed by atoms with Crippen molar-refractivity contribution in [1.82, 2.24) is 10.2 Å². The molecule has 148 valence electrons. The molecule has 2 heterocycles. The van der Waals surface area contributed by atoms with Gasteiger partial charge in [-0.25, -0.2) is 0 Å². The molecule has 5 nitrogen and oxygen atoms in total. The monoisotopic (exact) mass is 402 g/mol. The summed E-state index contributed by atoms with van der Waals surface area (Å²) >= 11 is 0. The molecule has 1 aromatic heterocycles. The average molecular weight is 402 g/mol. The Balaban J connectivity index is 1.29. The fourth-order valence-corrected chi connectivity index (χ4v) is 4.80. The minimum Gasteiger partial charge on any atom is -0.325 e. The number of amides is 1. The van der Waals surface area contributed by atoms with Crippen molar-refractivity contribution in [3.63, 3.8) is 0 Å². The number of aromatic nitrogens is 2. The first-order valence-corrected chi connectivity index (χ1v) is 10.3. The Morgan fingerprint density at radius 3 is 2.74 bits per heavy atom. The van der Waals surface area contributed by atoms with Crippen molar-refractivity contribution in [1.29, 1.82) is 5.26 Å². The largest absolute Gasteiger partial charge is 0.325 e. The van der Waals surface area contributed by atoms with E-state index in [1.165, 1.54) is 0 Å². The third-order valence-corrected chi connectivity index (χ3v) is 6.51. The number of carbonyl (C=O) groups is 1. The summed E-state index contributed by atoms with van der Waals surface area (Å²) in [5.41, 5.74) is 6.26. The molecule has 2 N–H and O–H groups in total. The van der Waals surface area contributed by atoms with Gasteiger partial charge in [0.15, 0.2) is 0 Å². The molecule has 2 aliphatic rings. The first kappa shape index (κ1) is 17.7. The van der Waals surface area contributed by atoms with E-state index in [0.29, 0.717) is 5.56 Å². The Morgan fingerprint density at radius 2 is 1.90 bits per heavy atom. The summed E-state index contributed by atoms with van der Waals surface area (Å²) in [6.07, 6.45) is 4.79. The lowest BCUT2D eigenvalue weighted by Crippen LogP contribution is -2.20. The molecule has 1 amide bonds. The van der Waals surface area contributed by atoms with Gasteiger partial charge in [0, 0.05) is 17.0 Å². The number of fused-ring (bicyclic) bond motifs is 3. The number of rotatable bonds is 3. The molecule has 0 bridgehead atoms. The van der Waals surface area contributed by atoms with E-state index in [9.17, 15) is 4.79 Å². The number of benzene rings is 3. The summed E-state index contributed by atoms with van der Waals surface area (Å²) in [6.45, 7) is 0. The Labute approximate surface area is 179 Å². The predicted molar refractivity (Wildman–Crippen MR) is 120 cm³/mol. The Bertz CT molecular complexity index is 1420. The molecule has 31 heavy (non-hydrogen) atoms. The molecule has 6 rings (SSSR count). The highest BCUT2D eigenvalue weighted by Gasteiger charge is 2.65. The molecule has 1 aliphatic heterocycles. The van der Waals surface area contributed by atoms with Crippen LogP contribution in [0.2, 0.25) is 0 Å². The van der Waals surface area contributed by atoms with Crippen LogP contribution >= 0.6 is 0 Å². The van der Waals surface area contributed by atoms with Gasteiger partial charge in [-0.05, 0) is 53.5 Å². The summed E-state index contributed by atoms with van der Waals surface area (Å²) in [5.74, 6) is 0.288. The van der Waals surface area contributed by atoms with E-state index in [1.54, 1.807) is 12.1 Å². The Morgan fingerprint density at radius 1 is 1.06 bits per heavy atom. The normalized spacial score (nSPS) is 21.4. The second-order valence-corrected chi connectivity index (χ2v) is 8.21. The molecular weight excluding hydrogens is 384 g/mol. The minimum absolute atomic E-state index is 0.106. The van der Waals surface area contributed by atoms with Crippen molar-refractivity contribution in [3.8, 4) is 6.07 Å². The number of nitrogens with zero attached hydrogens (tertiary/aromatic N) is 2. The highest BCUT2D eigenvalue weighted by atomic mass is 16.2. The molecular formula is C26H18N4O. The van der Waals surface area contributed by atoms with E-state index < -0.39 is 5.41 Å². The van der Waals surface area contributed by atoms with E-state index in [-0.39, 0.29) is 11.8 Å². The van der Waals surface area contributed by atoms with Crippen molar-refractivity contribution in [2.75, 3.05) is 5.32 Å². The van der Waals surface area contributed by atoms with Gasteiger partial charge in [0.1, 0.15) is 0 Å². The second-order valence-electron chi connectivity index (χ2n) is 8.21. The number of para-hydroxylation sites is 1. The highest BCUT2D eigenvalue weighted by molar-refractivity contribution is 6.09. The van der Waals surface area contributed by atoms with Crippen LogP contribution in [0.3, 0.4) is 0 Å². The van der Waals surface area contributed by atoms with Crippen LogP contribution in [0.15, 0.2) is 66.7 Å². The standard InChI is InChI=1S/C26H18N4O/c27-15-17-7-5-16(6-8-17)9-12-22-19-11-10-18(13-24(19)30-29-22)21-14-26(21)20-3-1-2-4-23(20)28-25(26)31/h1-13,21H,14H2,(H,28,31)(H,29,30)/t21?,26-/m0/s1. The summed E-state index contributed by atoms with van der Waals surface area (Å²) in [6, 6.07) is 23.9. The van der Waals surface area contributed by atoms with Crippen LogP contribution < -0.4 is 5.32 Å². The molecule has 0 saturated heterocycles. The third-order valence-electron chi connectivity index (χ3n) is 6.51. The van der Waals surface area contributed by atoms with Gasteiger partial charge in [-0.15, -0.1) is 0 Å². The summed E-state index contributed by atoms with van der Waals surface area (Å²) < 4.78 is 0. The maximum absolute atomic E-state index is 12.8. The number of nitrogens with one attached hydrogen (secondary N) is 2. The van der Waals surface area contributed by atoms with Crippen molar-refractivity contribution in [2.24, 2.45) is 0 Å². The molecule has 1 unspecified atom stereocenters.